The number of hydrogen-bond acceptors (Lipinski definition) is 4. The van der Waals surface area contributed by atoms with Gasteiger partial charge in [0.2, 0.25) is 0 Å². The van der Waals surface area contributed by atoms with Gasteiger partial charge in [0, 0.05) is 18.8 Å². The minimum Gasteiger partial charge on any atom is -0.465 e. The van der Waals surface area contributed by atoms with Gasteiger partial charge in [-0.05, 0) is 54.7 Å². The number of benzene rings is 1. The monoisotopic (exact) mass is 328 g/mol. The summed E-state index contributed by atoms with van der Waals surface area (Å²) in [6, 6.07) is 6.79. The Morgan fingerprint density at radius 1 is 1.29 bits per heavy atom. The van der Waals surface area contributed by atoms with Crippen LogP contribution in [0.5, 0.6) is 0 Å². The fourth-order valence-electron chi connectivity index (χ4n) is 4.76. The SMILES string of the molecule is CC(=O)O[C@@H]1CCc2cc([C@H]3CC[C@]4(COC(=O)C4)C3)ccc2C1. The Bertz CT molecular complexity index is 680. The minimum atomic E-state index is -0.190. The average Bonchev–Trinajstić information content (AvgIpc) is 3.13. The normalized spacial score (nSPS) is 31.8. The first kappa shape index (κ1) is 15.7. The molecule has 4 heteroatoms. The van der Waals surface area contributed by atoms with Gasteiger partial charge < -0.3 is 9.47 Å². The van der Waals surface area contributed by atoms with Crippen molar-refractivity contribution in [1.29, 1.82) is 0 Å². The molecule has 0 unspecified atom stereocenters. The van der Waals surface area contributed by atoms with Gasteiger partial charge >= 0.3 is 11.9 Å². The van der Waals surface area contributed by atoms with Crippen LogP contribution in [0.4, 0.5) is 0 Å². The Morgan fingerprint density at radius 2 is 2.17 bits per heavy atom. The van der Waals surface area contributed by atoms with Gasteiger partial charge in [0.1, 0.15) is 6.10 Å². The number of esters is 2. The van der Waals surface area contributed by atoms with E-state index in [1.54, 1.807) is 0 Å². The Hall–Kier alpha value is -1.84. The Labute approximate surface area is 142 Å². The maximum atomic E-state index is 11.5. The lowest BCUT2D eigenvalue weighted by Crippen LogP contribution is -2.24. The largest absolute Gasteiger partial charge is 0.465 e. The number of aryl methyl sites for hydroxylation is 1. The molecule has 0 amide bonds. The number of ether oxygens (including phenoxy) is 2. The van der Waals surface area contributed by atoms with E-state index in [1.165, 1.54) is 23.6 Å². The molecule has 0 N–H and O–H groups in total. The standard InChI is InChI=1S/C20H24O4/c1-13(21)24-18-5-4-14-8-15(2-3-16(14)9-18)17-6-7-20(10-17)11-19(22)23-12-20/h2-3,8,17-18H,4-7,9-12H2,1H3/t17-,18+,20-/m0/s1. The van der Waals surface area contributed by atoms with Crippen LogP contribution in [0.2, 0.25) is 0 Å². The van der Waals surface area contributed by atoms with Crippen molar-refractivity contribution < 1.29 is 19.1 Å². The van der Waals surface area contributed by atoms with Crippen molar-refractivity contribution in [3.8, 4) is 0 Å². The summed E-state index contributed by atoms with van der Waals surface area (Å²) in [6.07, 6.45) is 6.63. The van der Waals surface area contributed by atoms with Crippen molar-refractivity contribution in [2.75, 3.05) is 6.61 Å². The molecule has 0 bridgehead atoms. The Morgan fingerprint density at radius 3 is 2.92 bits per heavy atom. The zero-order valence-corrected chi connectivity index (χ0v) is 14.2. The molecule has 24 heavy (non-hydrogen) atoms. The summed E-state index contributed by atoms with van der Waals surface area (Å²) in [7, 11) is 0. The molecule has 3 aliphatic rings. The van der Waals surface area contributed by atoms with Gasteiger partial charge in [-0.25, -0.2) is 0 Å². The van der Waals surface area contributed by atoms with E-state index in [0.29, 0.717) is 18.9 Å². The molecule has 3 atom stereocenters. The van der Waals surface area contributed by atoms with Crippen LogP contribution in [0, 0.1) is 5.41 Å². The van der Waals surface area contributed by atoms with E-state index in [2.05, 4.69) is 18.2 Å². The third-order valence-corrected chi connectivity index (χ3v) is 5.98. The number of hydrogen-bond donors (Lipinski definition) is 0. The number of carbonyl (C=O) groups is 2. The van der Waals surface area contributed by atoms with E-state index in [4.69, 9.17) is 9.47 Å². The van der Waals surface area contributed by atoms with Crippen LogP contribution in [0.25, 0.3) is 0 Å². The smallest absolute Gasteiger partial charge is 0.306 e. The van der Waals surface area contributed by atoms with Gasteiger partial charge in [-0.2, -0.15) is 0 Å². The van der Waals surface area contributed by atoms with Crippen LogP contribution >= 0.6 is 0 Å². The Balaban J connectivity index is 1.47. The van der Waals surface area contributed by atoms with Crippen LogP contribution in [-0.2, 0) is 31.9 Å². The molecule has 1 saturated carbocycles. The maximum absolute atomic E-state index is 11.5. The first-order valence-electron chi connectivity index (χ1n) is 8.98. The summed E-state index contributed by atoms with van der Waals surface area (Å²) in [5, 5.41) is 0. The molecule has 1 spiro atoms. The van der Waals surface area contributed by atoms with E-state index in [0.717, 1.165) is 38.5 Å². The first-order valence-corrected chi connectivity index (χ1v) is 8.98. The van der Waals surface area contributed by atoms with Crippen molar-refractivity contribution in [1.82, 2.24) is 0 Å². The third-order valence-electron chi connectivity index (χ3n) is 5.98. The van der Waals surface area contributed by atoms with Crippen LogP contribution in [0.1, 0.15) is 61.6 Å². The van der Waals surface area contributed by atoms with Crippen molar-refractivity contribution in [2.45, 2.75) is 63.9 Å². The molecule has 1 aromatic rings. The highest BCUT2D eigenvalue weighted by molar-refractivity contribution is 5.72. The van der Waals surface area contributed by atoms with E-state index in [9.17, 15) is 9.59 Å². The van der Waals surface area contributed by atoms with Gasteiger partial charge in [-0.3, -0.25) is 9.59 Å². The predicted molar refractivity (Wildman–Crippen MR) is 88.6 cm³/mol. The third kappa shape index (κ3) is 2.94. The molecule has 1 saturated heterocycles. The van der Waals surface area contributed by atoms with Crippen molar-refractivity contribution >= 4 is 11.9 Å². The number of fused-ring (bicyclic) bond motifs is 1. The second kappa shape index (κ2) is 5.91. The molecule has 0 radical (unpaired) electrons. The van der Waals surface area contributed by atoms with Crippen molar-refractivity contribution in [2.24, 2.45) is 5.41 Å². The fraction of sp³-hybridized carbons (Fsp3) is 0.600. The summed E-state index contributed by atoms with van der Waals surface area (Å²) in [6.45, 7) is 2.09. The summed E-state index contributed by atoms with van der Waals surface area (Å²) >= 11 is 0. The molecule has 2 fully saturated rings. The van der Waals surface area contributed by atoms with Gasteiger partial charge in [0.15, 0.2) is 0 Å². The molecule has 0 aromatic heterocycles. The van der Waals surface area contributed by atoms with Gasteiger partial charge in [0.05, 0.1) is 13.0 Å². The zero-order chi connectivity index (χ0) is 16.7. The highest BCUT2D eigenvalue weighted by Crippen LogP contribution is 2.51. The fourth-order valence-corrected chi connectivity index (χ4v) is 4.76. The minimum absolute atomic E-state index is 0.0252. The van der Waals surface area contributed by atoms with Crippen LogP contribution < -0.4 is 0 Å². The van der Waals surface area contributed by atoms with Gasteiger partial charge in [-0.1, -0.05) is 18.2 Å². The van der Waals surface area contributed by atoms with Crippen molar-refractivity contribution in [3.05, 3.63) is 34.9 Å². The molecule has 1 aromatic carbocycles. The maximum Gasteiger partial charge on any atom is 0.306 e. The van der Waals surface area contributed by atoms with Crippen LogP contribution in [0.15, 0.2) is 18.2 Å². The predicted octanol–water partition coefficient (Wildman–Crippen LogP) is 3.31. The molecule has 1 heterocycles. The van der Waals surface area contributed by atoms with Gasteiger partial charge in [-0.15, -0.1) is 0 Å². The number of carbonyl (C=O) groups excluding carboxylic acids is 2. The second-order valence-corrected chi connectivity index (χ2v) is 7.78. The van der Waals surface area contributed by atoms with E-state index in [-0.39, 0.29) is 23.5 Å². The van der Waals surface area contributed by atoms with E-state index in [1.807, 2.05) is 0 Å². The van der Waals surface area contributed by atoms with Crippen LogP contribution in [0.3, 0.4) is 0 Å². The molecular weight excluding hydrogens is 304 g/mol. The van der Waals surface area contributed by atoms with Gasteiger partial charge in [0.25, 0.3) is 0 Å². The lowest BCUT2D eigenvalue weighted by atomic mass is 9.82. The average molecular weight is 328 g/mol. The topological polar surface area (TPSA) is 52.6 Å². The summed E-state index contributed by atoms with van der Waals surface area (Å²) in [5.41, 5.74) is 4.20. The highest BCUT2D eigenvalue weighted by atomic mass is 16.5. The van der Waals surface area contributed by atoms with Crippen LogP contribution in [-0.4, -0.2) is 24.6 Å². The number of rotatable bonds is 2. The quantitative estimate of drug-likeness (QED) is 0.782. The molecule has 2 aliphatic carbocycles. The highest BCUT2D eigenvalue weighted by Gasteiger charge is 2.46. The second-order valence-electron chi connectivity index (χ2n) is 7.78. The lowest BCUT2D eigenvalue weighted by Gasteiger charge is -2.25. The molecule has 4 nitrogen and oxygen atoms in total. The summed E-state index contributed by atoms with van der Waals surface area (Å²) in [5.74, 6) is 0.318. The molecule has 1 aliphatic heterocycles. The number of cyclic esters (lactones) is 1. The molecule has 4 rings (SSSR count). The van der Waals surface area contributed by atoms with Crippen molar-refractivity contribution in [3.63, 3.8) is 0 Å². The van der Waals surface area contributed by atoms with E-state index >= 15 is 0 Å². The molecule has 128 valence electrons. The zero-order valence-electron chi connectivity index (χ0n) is 14.2. The Kier molecular flexibility index (Phi) is 3.86. The van der Waals surface area contributed by atoms with E-state index < -0.39 is 0 Å². The lowest BCUT2D eigenvalue weighted by molar-refractivity contribution is -0.146. The first-order chi connectivity index (χ1) is 11.5. The molecular formula is C20H24O4. The summed E-state index contributed by atoms with van der Waals surface area (Å²) < 4.78 is 10.6. The summed E-state index contributed by atoms with van der Waals surface area (Å²) in [4.78, 5) is 22.6.